The Kier molecular flexibility index (Phi) is 7.31. The number of rotatable bonds is 9. The normalized spacial score (nSPS) is 27.2. The highest BCUT2D eigenvalue weighted by Crippen LogP contribution is 2.28. The number of carbonyl (C=O) groups is 1. The van der Waals surface area contributed by atoms with Crippen molar-refractivity contribution in [3.05, 3.63) is 0 Å². The van der Waals surface area contributed by atoms with Gasteiger partial charge in [0.2, 0.25) is 5.91 Å². The molecule has 3 atom stereocenters. The first-order chi connectivity index (χ1) is 11.0. The number of nitrogens with zero attached hydrogens (tertiary/aromatic N) is 1. The Balaban J connectivity index is 1.71. The summed E-state index contributed by atoms with van der Waals surface area (Å²) in [5.74, 6) is 1.24. The molecule has 2 rings (SSSR count). The molecule has 0 radical (unpaired) electrons. The lowest BCUT2D eigenvalue weighted by atomic mass is 9.99. The van der Waals surface area contributed by atoms with Crippen molar-refractivity contribution < 1.29 is 14.3 Å². The van der Waals surface area contributed by atoms with E-state index in [-0.39, 0.29) is 24.2 Å². The summed E-state index contributed by atoms with van der Waals surface area (Å²) in [5, 5.41) is 3.09. The Morgan fingerprint density at radius 1 is 1.26 bits per heavy atom. The molecule has 0 aromatic carbocycles. The lowest BCUT2D eigenvalue weighted by Gasteiger charge is -2.41. The summed E-state index contributed by atoms with van der Waals surface area (Å²) in [7, 11) is 0. The number of ether oxygens (including phenoxy) is 2. The summed E-state index contributed by atoms with van der Waals surface area (Å²) >= 11 is 0. The van der Waals surface area contributed by atoms with Gasteiger partial charge in [-0.1, -0.05) is 13.8 Å². The smallest absolute Gasteiger partial charge is 0.237 e. The third-order valence-electron chi connectivity index (χ3n) is 4.56. The van der Waals surface area contributed by atoms with Crippen LogP contribution in [0.3, 0.4) is 0 Å². The number of nitrogens with one attached hydrogen (secondary N) is 1. The van der Waals surface area contributed by atoms with E-state index in [1.807, 2.05) is 0 Å². The Bertz CT molecular complexity index is 361. The molecule has 0 spiro atoms. The molecule has 3 unspecified atom stereocenters. The molecule has 1 saturated carbocycles. The molecular weight excluding hydrogens is 292 g/mol. The zero-order chi connectivity index (χ0) is 16.8. The van der Waals surface area contributed by atoms with E-state index < -0.39 is 0 Å². The van der Waals surface area contributed by atoms with Crippen LogP contribution in [0.25, 0.3) is 0 Å². The van der Waals surface area contributed by atoms with Crippen LogP contribution in [-0.4, -0.2) is 61.9 Å². The van der Waals surface area contributed by atoms with Gasteiger partial charge in [0, 0.05) is 32.8 Å². The van der Waals surface area contributed by atoms with Gasteiger partial charge in [0.05, 0.1) is 18.2 Å². The summed E-state index contributed by atoms with van der Waals surface area (Å²) in [6, 6.07) is -0.0730. The molecule has 0 aromatic rings. The van der Waals surface area contributed by atoms with E-state index in [2.05, 4.69) is 37.9 Å². The molecule has 2 aliphatic rings. The fourth-order valence-corrected chi connectivity index (χ4v) is 3.36. The van der Waals surface area contributed by atoms with E-state index in [1.165, 1.54) is 12.8 Å². The number of hydrogen-bond acceptors (Lipinski definition) is 4. The Morgan fingerprint density at radius 2 is 1.91 bits per heavy atom. The second kappa shape index (κ2) is 9.00. The van der Waals surface area contributed by atoms with Crippen molar-refractivity contribution in [1.29, 1.82) is 0 Å². The molecule has 5 heteroatoms. The van der Waals surface area contributed by atoms with Gasteiger partial charge in [0.25, 0.3) is 0 Å². The van der Waals surface area contributed by atoms with Gasteiger partial charge < -0.3 is 14.8 Å². The second-order valence-corrected chi connectivity index (χ2v) is 7.56. The summed E-state index contributed by atoms with van der Waals surface area (Å²) < 4.78 is 11.4. The maximum absolute atomic E-state index is 12.6. The molecule has 1 amide bonds. The van der Waals surface area contributed by atoms with Crippen LogP contribution in [0.2, 0.25) is 0 Å². The number of morpholine rings is 1. The van der Waals surface area contributed by atoms with Crippen molar-refractivity contribution in [2.75, 3.05) is 32.8 Å². The van der Waals surface area contributed by atoms with Crippen LogP contribution in [0.1, 0.15) is 47.0 Å². The van der Waals surface area contributed by atoms with E-state index in [0.29, 0.717) is 12.5 Å². The molecule has 1 heterocycles. The van der Waals surface area contributed by atoms with Crippen molar-refractivity contribution in [1.82, 2.24) is 10.2 Å². The standard InChI is InChI=1S/C18H34N2O3/c1-13(2)17(20-10-14(3)23-15(4)11-20)18(21)19-8-5-9-22-12-16-6-7-16/h13-17H,5-12H2,1-4H3,(H,19,21). The average Bonchev–Trinajstić information content (AvgIpc) is 3.25. The van der Waals surface area contributed by atoms with Gasteiger partial charge in [0.15, 0.2) is 0 Å². The van der Waals surface area contributed by atoms with Crippen LogP contribution in [-0.2, 0) is 14.3 Å². The van der Waals surface area contributed by atoms with Crippen molar-refractivity contribution >= 4 is 5.91 Å². The third kappa shape index (κ3) is 6.40. The summed E-state index contributed by atoms with van der Waals surface area (Å²) in [4.78, 5) is 14.9. The van der Waals surface area contributed by atoms with Gasteiger partial charge >= 0.3 is 0 Å². The van der Waals surface area contributed by atoms with E-state index in [9.17, 15) is 4.79 Å². The Hall–Kier alpha value is -0.650. The molecule has 5 nitrogen and oxygen atoms in total. The molecule has 1 aliphatic heterocycles. The maximum atomic E-state index is 12.6. The van der Waals surface area contributed by atoms with Gasteiger partial charge in [-0.15, -0.1) is 0 Å². The van der Waals surface area contributed by atoms with Crippen molar-refractivity contribution in [3.8, 4) is 0 Å². The molecule has 1 saturated heterocycles. The molecule has 23 heavy (non-hydrogen) atoms. The van der Waals surface area contributed by atoms with Crippen LogP contribution >= 0.6 is 0 Å². The summed E-state index contributed by atoms with van der Waals surface area (Å²) in [6.07, 6.45) is 3.90. The largest absolute Gasteiger partial charge is 0.381 e. The van der Waals surface area contributed by atoms with Gasteiger partial charge in [0.1, 0.15) is 0 Å². The van der Waals surface area contributed by atoms with Crippen molar-refractivity contribution in [3.63, 3.8) is 0 Å². The topological polar surface area (TPSA) is 50.8 Å². The fraction of sp³-hybridized carbons (Fsp3) is 0.944. The minimum absolute atomic E-state index is 0.0730. The van der Waals surface area contributed by atoms with Crippen LogP contribution in [0.4, 0.5) is 0 Å². The molecular formula is C18H34N2O3. The van der Waals surface area contributed by atoms with Crippen LogP contribution in [0.15, 0.2) is 0 Å². The maximum Gasteiger partial charge on any atom is 0.237 e. The zero-order valence-corrected chi connectivity index (χ0v) is 15.2. The molecule has 1 N–H and O–H groups in total. The van der Waals surface area contributed by atoms with Gasteiger partial charge in [-0.05, 0) is 44.9 Å². The highest BCUT2D eigenvalue weighted by atomic mass is 16.5. The predicted octanol–water partition coefficient (Wildman–Crippen LogP) is 2.05. The first kappa shape index (κ1) is 18.7. The summed E-state index contributed by atoms with van der Waals surface area (Å²) in [5.41, 5.74) is 0. The first-order valence-electron chi connectivity index (χ1n) is 9.22. The molecule has 2 fully saturated rings. The number of amides is 1. The van der Waals surface area contributed by atoms with Gasteiger partial charge in [-0.25, -0.2) is 0 Å². The van der Waals surface area contributed by atoms with E-state index in [1.54, 1.807) is 0 Å². The van der Waals surface area contributed by atoms with Crippen LogP contribution < -0.4 is 5.32 Å². The third-order valence-corrected chi connectivity index (χ3v) is 4.56. The zero-order valence-electron chi connectivity index (χ0n) is 15.2. The number of hydrogen-bond donors (Lipinski definition) is 1. The predicted molar refractivity (Wildman–Crippen MR) is 91.4 cm³/mol. The van der Waals surface area contributed by atoms with Crippen molar-refractivity contribution in [2.24, 2.45) is 11.8 Å². The van der Waals surface area contributed by atoms with E-state index >= 15 is 0 Å². The van der Waals surface area contributed by atoms with E-state index in [0.717, 1.165) is 38.6 Å². The fourth-order valence-electron chi connectivity index (χ4n) is 3.36. The number of carbonyl (C=O) groups excluding carboxylic acids is 1. The van der Waals surface area contributed by atoms with Crippen LogP contribution in [0.5, 0.6) is 0 Å². The minimum atomic E-state index is -0.0730. The lowest BCUT2D eigenvalue weighted by molar-refractivity contribution is -0.135. The minimum Gasteiger partial charge on any atom is -0.381 e. The van der Waals surface area contributed by atoms with E-state index in [4.69, 9.17) is 9.47 Å². The van der Waals surface area contributed by atoms with Crippen molar-refractivity contribution in [2.45, 2.75) is 65.2 Å². The monoisotopic (exact) mass is 326 g/mol. The average molecular weight is 326 g/mol. The SMILES string of the molecule is CC1CN(C(C(=O)NCCCOCC2CC2)C(C)C)CC(C)O1. The lowest BCUT2D eigenvalue weighted by Crippen LogP contribution is -2.57. The molecule has 134 valence electrons. The highest BCUT2D eigenvalue weighted by Gasteiger charge is 2.33. The first-order valence-corrected chi connectivity index (χ1v) is 9.22. The van der Waals surface area contributed by atoms with Gasteiger partial charge in [-0.3, -0.25) is 9.69 Å². The molecule has 0 bridgehead atoms. The Labute approximate surface area is 141 Å². The van der Waals surface area contributed by atoms with Crippen LogP contribution in [0, 0.1) is 11.8 Å². The quantitative estimate of drug-likeness (QED) is 0.659. The highest BCUT2D eigenvalue weighted by molar-refractivity contribution is 5.82. The second-order valence-electron chi connectivity index (χ2n) is 7.56. The molecule has 1 aliphatic carbocycles. The summed E-state index contributed by atoms with van der Waals surface area (Å²) in [6.45, 7) is 12.4. The Morgan fingerprint density at radius 3 is 2.48 bits per heavy atom. The molecule has 0 aromatic heterocycles. The van der Waals surface area contributed by atoms with Gasteiger partial charge in [-0.2, -0.15) is 0 Å².